The van der Waals surface area contributed by atoms with E-state index in [0.717, 1.165) is 26.8 Å². The SMILES string of the molecule is COc1ccc(-c2nc(NC(=O)CCCN3C(=O)CNC3=O)sc2C)cc1. The van der Waals surface area contributed by atoms with E-state index in [9.17, 15) is 14.4 Å². The van der Waals surface area contributed by atoms with E-state index in [-0.39, 0.29) is 31.3 Å². The number of aromatic nitrogens is 1. The number of nitrogens with one attached hydrogen (secondary N) is 2. The Balaban J connectivity index is 1.55. The van der Waals surface area contributed by atoms with Crippen molar-refractivity contribution >= 4 is 34.3 Å². The maximum atomic E-state index is 12.1. The zero-order valence-electron chi connectivity index (χ0n) is 15.1. The second kappa shape index (κ2) is 8.17. The third-order valence-electron chi connectivity index (χ3n) is 4.13. The van der Waals surface area contributed by atoms with Crippen LogP contribution in [-0.2, 0) is 9.59 Å². The average Bonchev–Trinajstić information content (AvgIpc) is 3.18. The van der Waals surface area contributed by atoms with Gasteiger partial charge >= 0.3 is 6.03 Å². The number of amides is 4. The Hall–Kier alpha value is -2.94. The second-order valence-electron chi connectivity index (χ2n) is 6.01. The number of carbonyl (C=O) groups excluding carboxylic acids is 3. The van der Waals surface area contributed by atoms with Crippen LogP contribution >= 0.6 is 11.3 Å². The maximum Gasteiger partial charge on any atom is 0.324 e. The van der Waals surface area contributed by atoms with E-state index in [0.29, 0.717) is 11.6 Å². The van der Waals surface area contributed by atoms with Crippen LogP contribution in [0, 0.1) is 6.92 Å². The van der Waals surface area contributed by atoms with Crippen LogP contribution in [0.25, 0.3) is 11.3 Å². The van der Waals surface area contributed by atoms with Gasteiger partial charge in [-0.2, -0.15) is 0 Å². The van der Waals surface area contributed by atoms with Crippen LogP contribution in [0.4, 0.5) is 9.93 Å². The molecule has 2 N–H and O–H groups in total. The van der Waals surface area contributed by atoms with Gasteiger partial charge in [0.05, 0.1) is 19.3 Å². The van der Waals surface area contributed by atoms with Crippen molar-refractivity contribution in [1.82, 2.24) is 15.2 Å². The molecule has 0 bridgehead atoms. The summed E-state index contributed by atoms with van der Waals surface area (Å²) in [6, 6.07) is 7.17. The molecule has 0 aliphatic carbocycles. The van der Waals surface area contributed by atoms with Crippen molar-refractivity contribution in [3.05, 3.63) is 29.1 Å². The van der Waals surface area contributed by atoms with E-state index < -0.39 is 6.03 Å². The van der Waals surface area contributed by atoms with Crippen molar-refractivity contribution in [3.63, 3.8) is 0 Å². The number of urea groups is 1. The normalized spacial score (nSPS) is 13.6. The van der Waals surface area contributed by atoms with Crippen molar-refractivity contribution in [1.29, 1.82) is 0 Å². The van der Waals surface area contributed by atoms with E-state index in [1.54, 1.807) is 7.11 Å². The number of benzene rings is 1. The Bertz CT molecular complexity index is 847. The predicted molar refractivity (Wildman–Crippen MR) is 102 cm³/mol. The first kappa shape index (κ1) is 18.8. The molecule has 0 unspecified atom stereocenters. The first-order chi connectivity index (χ1) is 13.0. The van der Waals surface area contributed by atoms with Crippen LogP contribution in [0.15, 0.2) is 24.3 Å². The first-order valence-corrected chi connectivity index (χ1v) is 9.29. The summed E-state index contributed by atoms with van der Waals surface area (Å²) in [7, 11) is 1.61. The van der Waals surface area contributed by atoms with Gasteiger partial charge in [-0.05, 0) is 37.6 Å². The van der Waals surface area contributed by atoms with Gasteiger partial charge < -0.3 is 15.4 Å². The van der Waals surface area contributed by atoms with Crippen LogP contribution in [0.5, 0.6) is 5.75 Å². The number of thiazole rings is 1. The minimum Gasteiger partial charge on any atom is -0.497 e. The smallest absolute Gasteiger partial charge is 0.324 e. The summed E-state index contributed by atoms with van der Waals surface area (Å²) < 4.78 is 5.16. The monoisotopic (exact) mass is 388 g/mol. The van der Waals surface area contributed by atoms with Crippen LogP contribution in [0.1, 0.15) is 17.7 Å². The third kappa shape index (κ3) is 4.43. The topological polar surface area (TPSA) is 101 Å². The number of methoxy groups -OCH3 is 1. The van der Waals surface area contributed by atoms with E-state index >= 15 is 0 Å². The molecule has 0 radical (unpaired) electrons. The molecule has 1 saturated heterocycles. The Labute approximate surface area is 160 Å². The molecule has 1 aromatic carbocycles. The zero-order chi connectivity index (χ0) is 19.4. The van der Waals surface area contributed by atoms with E-state index in [2.05, 4.69) is 15.6 Å². The molecule has 1 aliphatic heterocycles. The third-order valence-corrected chi connectivity index (χ3v) is 5.02. The minimum absolute atomic E-state index is 0.0254. The molecule has 2 aromatic rings. The quantitative estimate of drug-likeness (QED) is 0.710. The van der Waals surface area contributed by atoms with Crippen LogP contribution in [-0.4, -0.2) is 47.9 Å². The van der Waals surface area contributed by atoms with E-state index in [4.69, 9.17) is 4.74 Å². The fourth-order valence-electron chi connectivity index (χ4n) is 2.73. The van der Waals surface area contributed by atoms with Gasteiger partial charge in [-0.25, -0.2) is 9.78 Å². The molecule has 1 aromatic heterocycles. The lowest BCUT2D eigenvalue weighted by Crippen LogP contribution is -2.32. The maximum absolute atomic E-state index is 12.1. The van der Waals surface area contributed by atoms with E-state index in [1.165, 1.54) is 11.3 Å². The lowest BCUT2D eigenvalue weighted by Gasteiger charge is -2.11. The van der Waals surface area contributed by atoms with Crippen molar-refractivity contribution < 1.29 is 19.1 Å². The van der Waals surface area contributed by atoms with Crippen molar-refractivity contribution in [2.75, 3.05) is 25.5 Å². The number of ether oxygens (including phenoxy) is 1. The van der Waals surface area contributed by atoms with Crippen molar-refractivity contribution in [2.45, 2.75) is 19.8 Å². The molecule has 3 rings (SSSR count). The summed E-state index contributed by atoms with van der Waals surface area (Å²) in [5.41, 5.74) is 1.76. The fourth-order valence-corrected chi connectivity index (χ4v) is 3.58. The van der Waals surface area contributed by atoms with Crippen LogP contribution in [0.2, 0.25) is 0 Å². The minimum atomic E-state index is -0.403. The Morgan fingerprint density at radius 1 is 1.33 bits per heavy atom. The molecule has 142 valence electrons. The molecule has 8 nitrogen and oxygen atoms in total. The van der Waals surface area contributed by atoms with Crippen LogP contribution in [0.3, 0.4) is 0 Å². The number of aryl methyl sites for hydroxylation is 1. The summed E-state index contributed by atoms with van der Waals surface area (Å²) in [6.45, 7) is 2.20. The highest BCUT2D eigenvalue weighted by molar-refractivity contribution is 7.16. The van der Waals surface area contributed by atoms with Gasteiger partial charge in [0.15, 0.2) is 5.13 Å². The molecule has 1 fully saturated rings. The van der Waals surface area contributed by atoms with Gasteiger partial charge in [-0.3, -0.25) is 14.5 Å². The van der Waals surface area contributed by atoms with Gasteiger partial charge in [0.25, 0.3) is 0 Å². The Morgan fingerprint density at radius 2 is 2.07 bits per heavy atom. The molecule has 2 heterocycles. The summed E-state index contributed by atoms with van der Waals surface area (Å²) in [6.07, 6.45) is 0.605. The number of carbonyl (C=O) groups is 3. The summed E-state index contributed by atoms with van der Waals surface area (Å²) in [5, 5.41) is 5.76. The largest absolute Gasteiger partial charge is 0.497 e. The van der Waals surface area contributed by atoms with Crippen molar-refractivity contribution in [2.24, 2.45) is 0 Å². The standard InChI is InChI=1S/C18H20N4O4S/c1-11-16(12-5-7-13(26-2)8-6-12)21-17(27-11)20-14(23)4-3-9-22-15(24)10-19-18(22)25/h5-8H,3-4,9-10H2,1-2H3,(H,19,25)(H,20,21,23). The highest BCUT2D eigenvalue weighted by atomic mass is 32.1. The van der Waals surface area contributed by atoms with Gasteiger partial charge in [0, 0.05) is 23.4 Å². The Kier molecular flexibility index (Phi) is 5.70. The van der Waals surface area contributed by atoms with Gasteiger partial charge in [0.1, 0.15) is 5.75 Å². The fraction of sp³-hybridized carbons (Fsp3) is 0.333. The predicted octanol–water partition coefficient (Wildman–Crippen LogP) is 2.40. The lowest BCUT2D eigenvalue weighted by molar-refractivity contribution is -0.125. The van der Waals surface area contributed by atoms with Gasteiger partial charge in [0.2, 0.25) is 11.8 Å². The second-order valence-corrected chi connectivity index (χ2v) is 7.21. The van der Waals surface area contributed by atoms with E-state index in [1.807, 2.05) is 31.2 Å². The van der Waals surface area contributed by atoms with Crippen molar-refractivity contribution in [3.8, 4) is 17.0 Å². The molecule has 4 amide bonds. The molecular weight excluding hydrogens is 368 g/mol. The lowest BCUT2D eigenvalue weighted by atomic mass is 10.1. The molecule has 0 spiro atoms. The molecule has 27 heavy (non-hydrogen) atoms. The summed E-state index contributed by atoms with van der Waals surface area (Å²) in [4.78, 5) is 41.7. The summed E-state index contributed by atoms with van der Waals surface area (Å²) in [5.74, 6) is 0.308. The molecule has 0 atom stereocenters. The number of imide groups is 1. The number of rotatable bonds is 7. The van der Waals surface area contributed by atoms with Gasteiger partial charge in [-0.1, -0.05) is 0 Å². The average molecular weight is 388 g/mol. The van der Waals surface area contributed by atoms with Gasteiger partial charge in [-0.15, -0.1) is 11.3 Å². The molecule has 0 saturated carbocycles. The molecular formula is C18H20N4O4S. The Morgan fingerprint density at radius 3 is 2.70 bits per heavy atom. The summed E-state index contributed by atoms with van der Waals surface area (Å²) >= 11 is 1.40. The number of hydrogen-bond acceptors (Lipinski definition) is 6. The molecule has 1 aliphatic rings. The zero-order valence-corrected chi connectivity index (χ0v) is 15.9. The first-order valence-electron chi connectivity index (χ1n) is 8.48. The highest BCUT2D eigenvalue weighted by Gasteiger charge is 2.27. The highest BCUT2D eigenvalue weighted by Crippen LogP contribution is 2.31. The molecule has 9 heteroatoms. The number of anilines is 1. The van der Waals surface area contributed by atoms with Crippen LogP contribution < -0.4 is 15.4 Å². The number of nitrogens with zero attached hydrogens (tertiary/aromatic N) is 2. The number of hydrogen-bond donors (Lipinski definition) is 2.